The van der Waals surface area contributed by atoms with Crippen LogP contribution in [0.4, 0.5) is 4.79 Å². The first-order valence-electron chi connectivity index (χ1n) is 9.14. The third-order valence-corrected chi connectivity index (χ3v) is 5.04. The molecule has 2 atom stereocenters. The average Bonchev–Trinajstić information content (AvgIpc) is 3.09. The van der Waals surface area contributed by atoms with E-state index in [-0.39, 0.29) is 17.8 Å². The number of nitrogens with zero attached hydrogens (tertiary/aromatic N) is 4. The van der Waals surface area contributed by atoms with Crippen LogP contribution in [0.25, 0.3) is 0 Å². The zero-order chi connectivity index (χ0) is 20.3. The number of nitrogens with one attached hydrogen (secondary N) is 1. The molecule has 3 rings (SSSR count). The Labute approximate surface area is 163 Å². The first kappa shape index (κ1) is 19.8. The van der Waals surface area contributed by atoms with Gasteiger partial charge in [-0.05, 0) is 24.1 Å². The molecule has 0 bridgehead atoms. The molecule has 0 spiro atoms. The van der Waals surface area contributed by atoms with Crippen molar-refractivity contribution in [2.75, 3.05) is 34.4 Å². The van der Waals surface area contributed by atoms with E-state index < -0.39 is 12.1 Å². The molecule has 1 saturated heterocycles. The number of ether oxygens (including phenoxy) is 1. The van der Waals surface area contributed by atoms with Crippen LogP contribution in [0.15, 0.2) is 36.3 Å². The average molecular weight is 387 g/mol. The number of urea groups is 1. The van der Waals surface area contributed by atoms with Gasteiger partial charge < -0.3 is 19.9 Å². The summed E-state index contributed by atoms with van der Waals surface area (Å²) in [5, 5.41) is 2.87. The summed E-state index contributed by atoms with van der Waals surface area (Å²) in [5.41, 5.74) is 1.28. The fourth-order valence-electron chi connectivity index (χ4n) is 3.62. The molecule has 1 fully saturated rings. The van der Waals surface area contributed by atoms with Crippen molar-refractivity contribution in [3.05, 3.63) is 41.9 Å². The zero-order valence-electron chi connectivity index (χ0n) is 16.3. The molecular weight excluding hydrogens is 362 g/mol. The lowest BCUT2D eigenvalue weighted by Gasteiger charge is -2.43. The van der Waals surface area contributed by atoms with Gasteiger partial charge in [-0.3, -0.25) is 19.5 Å². The van der Waals surface area contributed by atoms with Gasteiger partial charge in [-0.25, -0.2) is 4.79 Å². The molecule has 0 saturated carbocycles. The Kier molecular flexibility index (Phi) is 5.93. The monoisotopic (exact) mass is 387 g/mol. The molecule has 2 unspecified atom stereocenters. The van der Waals surface area contributed by atoms with Gasteiger partial charge in [-0.15, -0.1) is 0 Å². The number of imide groups is 1. The van der Waals surface area contributed by atoms with Crippen LogP contribution in [0.2, 0.25) is 0 Å². The summed E-state index contributed by atoms with van der Waals surface area (Å²) < 4.78 is 5.12. The lowest BCUT2D eigenvalue weighted by Crippen LogP contribution is -2.62. The van der Waals surface area contributed by atoms with Gasteiger partial charge in [0.15, 0.2) is 0 Å². The maximum atomic E-state index is 12.9. The minimum atomic E-state index is -0.575. The normalized spacial score (nSPS) is 21.7. The summed E-state index contributed by atoms with van der Waals surface area (Å²) in [5.74, 6) is -1.17. The summed E-state index contributed by atoms with van der Waals surface area (Å²) >= 11 is 0. The topological polar surface area (TPSA) is 95.1 Å². The third-order valence-electron chi connectivity index (χ3n) is 5.04. The molecular formula is C19H25N5O4. The lowest BCUT2D eigenvalue weighted by molar-refractivity contribution is -0.137. The largest absolute Gasteiger partial charge is 0.385 e. The number of aromatic nitrogens is 1. The Morgan fingerprint density at radius 1 is 1.32 bits per heavy atom. The predicted molar refractivity (Wildman–Crippen MR) is 101 cm³/mol. The summed E-state index contributed by atoms with van der Waals surface area (Å²) in [6.45, 7) is 1.34. The van der Waals surface area contributed by atoms with Crippen LogP contribution >= 0.6 is 0 Å². The smallest absolute Gasteiger partial charge is 0.327 e. The molecule has 0 aromatic carbocycles. The number of carbonyl (C=O) groups excluding carboxylic acids is 3. The Bertz CT molecular complexity index is 782. The van der Waals surface area contributed by atoms with Gasteiger partial charge in [-0.1, -0.05) is 6.07 Å². The third kappa shape index (κ3) is 3.70. The van der Waals surface area contributed by atoms with Gasteiger partial charge in [0.1, 0.15) is 11.9 Å². The Morgan fingerprint density at radius 3 is 2.79 bits per heavy atom. The van der Waals surface area contributed by atoms with Gasteiger partial charge in [0.2, 0.25) is 5.91 Å². The van der Waals surface area contributed by atoms with Crippen LogP contribution in [0, 0.1) is 5.92 Å². The first-order valence-corrected chi connectivity index (χ1v) is 9.14. The Morgan fingerprint density at radius 2 is 2.11 bits per heavy atom. The second-order valence-electron chi connectivity index (χ2n) is 6.87. The van der Waals surface area contributed by atoms with Crippen LogP contribution in [-0.2, 0) is 20.9 Å². The number of methoxy groups -OCH3 is 1. The highest BCUT2D eigenvalue weighted by molar-refractivity contribution is 6.02. The highest BCUT2D eigenvalue weighted by Crippen LogP contribution is 2.34. The minimum Gasteiger partial charge on any atom is -0.385 e. The molecule has 2 aliphatic heterocycles. The fraction of sp³-hybridized carbons (Fsp3) is 0.474. The number of pyridine rings is 1. The van der Waals surface area contributed by atoms with Crippen molar-refractivity contribution in [1.82, 2.24) is 25.0 Å². The number of hydrogen-bond acceptors (Lipinski definition) is 6. The van der Waals surface area contributed by atoms with Gasteiger partial charge >= 0.3 is 6.03 Å². The second kappa shape index (κ2) is 8.39. The molecule has 150 valence electrons. The van der Waals surface area contributed by atoms with Crippen LogP contribution in [0.3, 0.4) is 0 Å². The van der Waals surface area contributed by atoms with Crippen molar-refractivity contribution < 1.29 is 19.1 Å². The summed E-state index contributed by atoms with van der Waals surface area (Å²) in [6, 6.07) is 3.29. The lowest BCUT2D eigenvalue weighted by atomic mass is 10.0. The Balaban J connectivity index is 1.81. The molecule has 9 nitrogen and oxygen atoms in total. The van der Waals surface area contributed by atoms with E-state index in [0.717, 1.165) is 10.5 Å². The molecule has 3 heterocycles. The first-order chi connectivity index (χ1) is 13.5. The fourth-order valence-corrected chi connectivity index (χ4v) is 3.62. The number of amides is 4. The van der Waals surface area contributed by atoms with E-state index in [1.807, 2.05) is 11.0 Å². The van der Waals surface area contributed by atoms with Gasteiger partial charge in [0.05, 0.1) is 5.92 Å². The van der Waals surface area contributed by atoms with Crippen LogP contribution in [-0.4, -0.2) is 78.1 Å². The van der Waals surface area contributed by atoms with E-state index in [1.54, 1.807) is 38.7 Å². The number of carbonyl (C=O) groups is 3. The van der Waals surface area contributed by atoms with E-state index in [0.29, 0.717) is 31.8 Å². The molecule has 9 heteroatoms. The number of hydrogen-bond donors (Lipinski definition) is 1. The zero-order valence-corrected chi connectivity index (χ0v) is 16.3. The van der Waals surface area contributed by atoms with Crippen molar-refractivity contribution >= 4 is 17.8 Å². The molecule has 0 aliphatic carbocycles. The molecule has 1 N–H and O–H groups in total. The van der Waals surface area contributed by atoms with Crippen molar-refractivity contribution in [3.63, 3.8) is 0 Å². The van der Waals surface area contributed by atoms with Gasteiger partial charge in [0.25, 0.3) is 5.91 Å². The standard InChI is InChI=1S/C19H25N5O4/c1-22-17-14(18(26)23(2)19(22)27)10-15(24(17)8-5-9-28-3)16(25)21-12-13-6-4-7-20-11-13/h4,6-7,10-11,14,17H,5,8-9,12H2,1-3H3,(H,21,25). The van der Waals surface area contributed by atoms with Crippen molar-refractivity contribution in [3.8, 4) is 0 Å². The van der Waals surface area contributed by atoms with Gasteiger partial charge in [0, 0.05) is 53.3 Å². The molecule has 2 aliphatic rings. The van der Waals surface area contributed by atoms with Crippen LogP contribution in [0.1, 0.15) is 12.0 Å². The number of rotatable bonds is 7. The van der Waals surface area contributed by atoms with E-state index in [9.17, 15) is 14.4 Å². The van der Waals surface area contributed by atoms with Crippen LogP contribution < -0.4 is 5.32 Å². The van der Waals surface area contributed by atoms with Crippen molar-refractivity contribution in [2.45, 2.75) is 19.1 Å². The number of fused-ring (bicyclic) bond motifs is 1. The maximum absolute atomic E-state index is 12.9. The van der Waals surface area contributed by atoms with Crippen molar-refractivity contribution in [2.24, 2.45) is 5.92 Å². The molecule has 1 aromatic rings. The summed E-state index contributed by atoms with van der Waals surface area (Å²) in [7, 11) is 4.72. The summed E-state index contributed by atoms with van der Waals surface area (Å²) in [4.78, 5) is 46.4. The van der Waals surface area contributed by atoms with Gasteiger partial charge in [-0.2, -0.15) is 0 Å². The van der Waals surface area contributed by atoms with E-state index in [2.05, 4.69) is 10.3 Å². The molecule has 4 amide bonds. The SMILES string of the molecule is COCCCN1C(C(=O)NCc2cccnc2)=CC2C(=O)N(C)C(=O)N(C)C21. The minimum absolute atomic E-state index is 0.285. The highest BCUT2D eigenvalue weighted by Gasteiger charge is 2.50. The molecule has 1 aromatic heterocycles. The highest BCUT2D eigenvalue weighted by atomic mass is 16.5. The second-order valence-corrected chi connectivity index (χ2v) is 6.87. The van der Waals surface area contributed by atoms with Crippen LogP contribution in [0.5, 0.6) is 0 Å². The van der Waals surface area contributed by atoms with E-state index >= 15 is 0 Å². The van der Waals surface area contributed by atoms with E-state index in [4.69, 9.17) is 4.74 Å². The van der Waals surface area contributed by atoms with E-state index in [1.165, 1.54) is 11.9 Å². The van der Waals surface area contributed by atoms with Crippen molar-refractivity contribution in [1.29, 1.82) is 0 Å². The Hall–Kier alpha value is -2.94. The quantitative estimate of drug-likeness (QED) is 0.681. The molecule has 0 radical (unpaired) electrons. The maximum Gasteiger partial charge on any atom is 0.327 e. The molecule has 28 heavy (non-hydrogen) atoms. The summed E-state index contributed by atoms with van der Waals surface area (Å²) in [6.07, 6.45) is 5.18. The predicted octanol–water partition coefficient (Wildman–Crippen LogP) is 0.400.